The summed E-state index contributed by atoms with van der Waals surface area (Å²) in [6.07, 6.45) is 0.315. The number of methoxy groups -OCH3 is 1. The summed E-state index contributed by atoms with van der Waals surface area (Å²) in [5, 5.41) is 9.22. The highest BCUT2D eigenvalue weighted by atomic mass is 16.7. The lowest BCUT2D eigenvalue weighted by atomic mass is 9.65. The Morgan fingerprint density at radius 3 is 1.94 bits per heavy atom. The van der Waals surface area contributed by atoms with Crippen molar-refractivity contribution < 1.29 is 38.4 Å². The number of carbonyl (C=O) groups is 3. The number of carbonyl (C=O) groups excluding carboxylic acids is 3. The van der Waals surface area contributed by atoms with E-state index in [0.29, 0.717) is 12.2 Å². The fourth-order valence-corrected chi connectivity index (χ4v) is 3.82. The number of aliphatic hydroxyl groups excluding tert-OH is 1. The molecule has 1 rings (SSSR count). The van der Waals surface area contributed by atoms with E-state index >= 15 is 0 Å². The first-order valence-corrected chi connectivity index (χ1v) is 10.5. The number of ether oxygens (including phenoxy) is 4. The van der Waals surface area contributed by atoms with Crippen LogP contribution in [-0.2, 0) is 28.6 Å². The lowest BCUT2D eigenvalue weighted by Crippen LogP contribution is -2.44. The maximum atomic E-state index is 13.1. The van der Waals surface area contributed by atoms with Gasteiger partial charge in [-0.3, -0.25) is 14.4 Å². The molecular weight excluding hydrogens is 428 g/mol. The molecule has 2 unspecified atom stereocenters. The minimum absolute atomic E-state index is 0.0113. The van der Waals surface area contributed by atoms with E-state index < -0.39 is 40.1 Å². The van der Waals surface area contributed by atoms with E-state index in [2.05, 4.69) is 13.2 Å². The topological polar surface area (TPSA) is 108 Å². The number of rotatable bonds is 12. The van der Waals surface area contributed by atoms with Gasteiger partial charge in [-0.1, -0.05) is 25.1 Å². The third-order valence-electron chi connectivity index (χ3n) is 5.51. The smallest absolute Gasteiger partial charge is 0.319 e. The van der Waals surface area contributed by atoms with Gasteiger partial charge in [0.25, 0.3) is 11.9 Å². The van der Waals surface area contributed by atoms with Crippen LogP contribution in [0.2, 0.25) is 0 Å². The fourth-order valence-electron chi connectivity index (χ4n) is 3.82. The number of aliphatic hydroxyl groups is 1. The molecule has 1 aromatic carbocycles. The van der Waals surface area contributed by atoms with Crippen LogP contribution in [0.15, 0.2) is 55.4 Å². The van der Waals surface area contributed by atoms with Crippen LogP contribution in [0.5, 0.6) is 5.75 Å². The standard InChI is InChI=1S/C25H34O8/c1-9-24(6,22(29)33-18(3)32-19-13-11-10-12-14-19)16-25(7,21(28)30-8)15-23(4,5)20(27)31-17(2)26/h10-14,26H,2-3,9,15-16H2,1,4-8H3. The molecule has 0 fully saturated rings. The minimum atomic E-state index is -1.26. The molecule has 0 aromatic heterocycles. The molecule has 0 bridgehead atoms. The quantitative estimate of drug-likeness (QED) is 0.261. The van der Waals surface area contributed by atoms with E-state index in [1.54, 1.807) is 58.9 Å². The average Bonchev–Trinajstić information content (AvgIpc) is 2.72. The molecule has 0 spiro atoms. The van der Waals surface area contributed by atoms with E-state index in [0.717, 1.165) is 0 Å². The summed E-state index contributed by atoms with van der Waals surface area (Å²) < 4.78 is 20.5. The van der Waals surface area contributed by atoms with E-state index in [9.17, 15) is 19.5 Å². The molecule has 1 N–H and O–H groups in total. The Labute approximate surface area is 195 Å². The number of hydrogen-bond donors (Lipinski definition) is 1. The zero-order chi connectivity index (χ0) is 25.4. The summed E-state index contributed by atoms with van der Waals surface area (Å²) in [6, 6.07) is 8.72. The molecule has 1 aromatic rings. The molecule has 2 atom stereocenters. The van der Waals surface area contributed by atoms with Crippen molar-refractivity contribution in [3.05, 3.63) is 55.4 Å². The molecule has 33 heavy (non-hydrogen) atoms. The van der Waals surface area contributed by atoms with E-state index in [-0.39, 0.29) is 18.8 Å². The first-order valence-electron chi connectivity index (χ1n) is 10.5. The molecule has 0 radical (unpaired) electrons. The highest BCUT2D eigenvalue weighted by Gasteiger charge is 2.50. The maximum absolute atomic E-state index is 13.1. The number of esters is 3. The van der Waals surface area contributed by atoms with Gasteiger partial charge in [-0.15, -0.1) is 0 Å². The fraction of sp³-hybridized carbons (Fsp3) is 0.480. The average molecular weight is 463 g/mol. The van der Waals surface area contributed by atoms with Crippen LogP contribution in [0, 0.1) is 16.2 Å². The Morgan fingerprint density at radius 1 is 0.879 bits per heavy atom. The second-order valence-corrected chi connectivity index (χ2v) is 9.16. The molecule has 0 aliphatic heterocycles. The maximum Gasteiger partial charge on any atom is 0.319 e. The molecular formula is C25H34O8. The van der Waals surface area contributed by atoms with E-state index in [1.165, 1.54) is 7.11 Å². The Hall–Kier alpha value is -3.29. The summed E-state index contributed by atoms with van der Waals surface area (Å²) in [4.78, 5) is 38.3. The van der Waals surface area contributed by atoms with Gasteiger partial charge in [0.15, 0.2) is 0 Å². The summed E-state index contributed by atoms with van der Waals surface area (Å²) in [7, 11) is 1.23. The monoisotopic (exact) mass is 462 g/mol. The lowest BCUT2D eigenvalue weighted by molar-refractivity contribution is -0.166. The van der Waals surface area contributed by atoms with Crippen molar-refractivity contribution in [1.82, 2.24) is 0 Å². The van der Waals surface area contributed by atoms with Crippen LogP contribution in [-0.4, -0.2) is 30.1 Å². The molecule has 0 amide bonds. The second kappa shape index (κ2) is 11.0. The van der Waals surface area contributed by atoms with Crippen LogP contribution in [0.3, 0.4) is 0 Å². The first kappa shape index (κ1) is 27.7. The Morgan fingerprint density at radius 2 is 1.45 bits per heavy atom. The number of hydrogen-bond acceptors (Lipinski definition) is 8. The normalized spacial score (nSPS) is 14.7. The molecule has 0 saturated heterocycles. The number of para-hydroxylation sites is 1. The van der Waals surface area contributed by atoms with Gasteiger partial charge in [-0.2, -0.15) is 0 Å². The van der Waals surface area contributed by atoms with Gasteiger partial charge in [-0.05, 0) is 72.2 Å². The van der Waals surface area contributed by atoms with E-state index in [1.807, 2.05) is 6.07 Å². The van der Waals surface area contributed by atoms with Crippen molar-refractivity contribution in [1.29, 1.82) is 0 Å². The van der Waals surface area contributed by atoms with Crippen LogP contribution < -0.4 is 4.74 Å². The van der Waals surface area contributed by atoms with Crippen molar-refractivity contribution >= 4 is 17.9 Å². The van der Waals surface area contributed by atoms with Gasteiger partial charge in [-0.25, -0.2) is 0 Å². The third-order valence-corrected chi connectivity index (χ3v) is 5.51. The molecule has 0 heterocycles. The van der Waals surface area contributed by atoms with Gasteiger partial charge >= 0.3 is 17.9 Å². The van der Waals surface area contributed by atoms with Gasteiger partial charge in [0.2, 0.25) is 0 Å². The van der Waals surface area contributed by atoms with Crippen LogP contribution in [0.25, 0.3) is 0 Å². The second-order valence-electron chi connectivity index (χ2n) is 9.16. The van der Waals surface area contributed by atoms with Crippen molar-refractivity contribution in [2.45, 2.75) is 53.9 Å². The first-order chi connectivity index (χ1) is 15.2. The lowest BCUT2D eigenvalue weighted by Gasteiger charge is -2.39. The minimum Gasteiger partial charge on any atom is -0.481 e. The highest BCUT2D eigenvalue weighted by molar-refractivity contribution is 5.83. The Balaban J connectivity index is 3.10. The number of benzene rings is 1. The predicted octanol–water partition coefficient (Wildman–Crippen LogP) is 5.05. The SMILES string of the molecule is C=C(O)OC(=O)C(C)(C)CC(C)(CC(C)(CC)C(=O)OC(=C)Oc1ccccc1)C(=O)OC. The zero-order valence-corrected chi connectivity index (χ0v) is 20.2. The molecule has 182 valence electrons. The van der Waals surface area contributed by atoms with Gasteiger partial charge in [0.05, 0.1) is 23.4 Å². The van der Waals surface area contributed by atoms with Crippen molar-refractivity contribution in [3.8, 4) is 5.75 Å². The highest BCUT2D eigenvalue weighted by Crippen LogP contribution is 2.46. The molecule has 8 heteroatoms. The van der Waals surface area contributed by atoms with Gasteiger partial charge in [0.1, 0.15) is 5.75 Å². The largest absolute Gasteiger partial charge is 0.481 e. The van der Waals surface area contributed by atoms with Crippen molar-refractivity contribution in [2.24, 2.45) is 16.2 Å². The zero-order valence-electron chi connectivity index (χ0n) is 20.2. The van der Waals surface area contributed by atoms with Crippen LogP contribution in [0.1, 0.15) is 53.9 Å². The van der Waals surface area contributed by atoms with Gasteiger partial charge in [0, 0.05) is 0 Å². The van der Waals surface area contributed by atoms with Crippen molar-refractivity contribution in [2.75, 3.05) is 7.11 Å². The van der Waals surface area contributed by atoms with Crippen LogP contribution >= 0.6 is 0 Å². The van der Waals surface area contributed by atoms with Gasteiger partial charge < -0.3 is 24.1 Å². The van der Waals surface area contributed by atoms with E-state index in [4.69, 9.17) is 18.9 Å². The Kier molecular flexibility index (Phi) is 9.27. The summed E-state index contributed by atoms with van der Waals surface area (Å²) >= 11 is 0. The van der Waals surface area contributed by atoms with Crippen molar-refractivity contribution in [3.63, 3.8) is 0 Å². The predicted molar refractivity (Wildman–Crippen MR) is 122 cm³/mol. The summed E-state index contributed by atoms with van der Waals surface area (Å²) in [6.45, 7) is 15.0. The molecule has 0 saturated carbocycles. The summed E-state index contributed by atoms with van der Waals surface area (Å²) in [5.74, 6) is -2.49. The molecule has 0 aliphatic carbocycles. The summed E-state index contributed by atoms with van der Waals surface area (Å²) in [5.41, 5.74) is -3.60. The third kappa shape index (κ3) is 7.66. The Bertz CT molecular complexity index is 889. The molecule has 8 nitrogen and oxygen atoms in total. The van der Waals surface area contributed by atoms with Crippen LogP contribution in [0.4, 0.5) is 0 Å². The molecule has 0 aliphatic rings.